The number of ether oxygens (including phenoxy) is 2. The summed E-state index contributed by atoms with van der Waals surface area (Å²) in [6.07, 6.45) is 0.575. The molecule has 1 fully saturated rings. The van der Waals surface area contributed by atoms with Gasteiger partial charge >= 0.3 is 5.97 Å². The van der Waals surface area contributed by atoms with Crippen LogP contribution in [-0.4, -0.2) is 28.5 Å². The minimum absolute atomic E-state index is 0.00164. The fraction of sp³-hybridized carbons (Fsp3) is 0.480. The van der Waals surface area contributed by atoms with Gasteiger partial charge in [-0.25, -0.2) is 0 Å². The maximum absolute atomic E-state index is 13.5. The van der Waals surface area contributed by atoms with E-state index in [1.54, 1.807) is 7.11 Å². The Morgan fingerprint density at radius 3 is 2.35 bits per heavy atom. The Balaban J connectivity index is 1.95. The van der Waals surface area contributed by atoms with Crippen molar-refractivity contribution in [2.45, 2.75) is 57.0 Å². The van der Waals surface area contributed by atoms with Gasteiger partial charge < -0.3 is 19.2 Å². The molecule has 1 N–H and O–H groups in total. The Labute approximate surface area is 186 Å². The van der Waals surface area contributed by atoms with Crippen LogP contribution in [0.25, 0.3) is 0 Å². The third-order valence-electron chi connectivity index (χ3n) is 7.50. The van der Waals surface area contributed by atoms with Crippen molar-refractivity contribution < 1.29 is 18.7 Å². The number of hydrogen-bond donors (Lipinski definition) is 1. The van der Waals surface area contributed by atoms with E-state index in [-0.39, 0.29) is 17.0 Å². The molecule has 0 radical (unpaired) electrons. The number of benzene rings is 2. The first-order valence-corrected chi connectivity index (χ1v) is 13.7. The van der Waals surface area contributed by atoms with Crippen LogP contribution >= 0.6 is 0 Å². The molecule has 2 aromatic carbocycles. The lowest BCUT2D eigenvalue weighted by atomic mass is 9.80. The van der Waals surface area contributed by atoms with E-state index in [0.717, 1.165) is 22.6 Å². The molecule has 0 bridgehead atoms. The maximum Gasteiger partial charge on any atom is 0.317 e. The van der Waals surface area contributed by atoms with E-state index < -0.39 is 19.3 Å². The second-order valence-electron chi connectivity index (χ2n) is 10.2. The van der Waals surface area contributed by atoms with E-state index in [1.807, 2.05) is 36.4 Å². The third kappa shape index (κ3) is 3.11. The Morgan fingerprint density at radius 1 is 1.10 bits per heavy atom. The summed E-state index contributed by atoms with van der Waals surface area (Å²) in [6.45, 7) is 11.1. The predicted molar refractivity (Wildman–Crippen MR) is 125 cm³/mol. The standard InChI is InChI=1S/C25H33NO4Si/c1-23(2,3)31(6,7)30-25-16-24(25,22(27)29-5)21(17-11-9-8-10-12-17)26-20-14-13-18(28-4)15-19(20)25/h8-15,21,26H,16H2,1-7H3/t21-,24+,25+/m0/s1. The molecule has 4 rings (SSSR count). The highest BCUT2D eigenvalue weighted by molar-refractivity contribution is 6.74. The monoisotopic (exact) mass is 439 g/mol. The Bertz CT molecular complexity index is 1000. The van der Waals surface area contributed by atoms with Gasteiger partial charge in [-0.15, -0.1) is 0 Å². The molecule has 0 aromatic heterocycles. The average molecular weight is 440 g/mol. The first-order chi connectivity index (χ1) is 14.5. The second-order valence-corrected chi connectivity index (χ2v) is 15.0. The molecule has 1 saturated carbocycles. The number of rotatable bonds is 5. The van der Waals surface area contributed by atoms with Gasteiger partial charge in [0.2, 0.25) is 0 Å². The molecule has 1 aliphatic carbocycles. The third-order valence-corrected chi connectivity index (χ3v) is 12.0. The minimum atomic E-state index is -2.23. The lowest BCUT2D eigenvalue weighted by Gasteiger charge is -2.45. The normalized spacial score (nSPS) is 26.9. The first-order valence-electron chi connectivity index (χ1n) is 10.8. The van der Waals surface area contributed by atoms with Crippen LogP contribution in [-0.2, 0) is 19.6 Å². The van der Waals surface area contributed by atoms with Crippen molar-refractivity contribution in [3.05, 3.63) is 59.7 Å². The SMILES string of the molecule is COC(=O)[C@]12C[C@@]1(O[Si](C)(C)C(C)(C)C)c1cc(OC)ccc1N[C@H]2c1ccccc1. The summed E-state index contributed by atoms with van der Waals surface area (Å²) in [5, 5.41) is 3.64. The molecule has 1 heterocycles. The van der Waals surface area contributed by atoms with Crippen molar-refractivity contribution in [1.29, 1.82) is 0 Å². The summed E-state index contributed by atoms with van der Waals surface area (Å²) in [7, 11) is 0.896. The van der Waals surface area contributed by atoms with E-state index in [4.69, 9.17) is 13.9 Å². The summed E-state index contributed by atoms with van der Waals surface area (Å²) >= 11 is 0. The number of hydrogen-bond acceptors (Lipinski definition) is 5. The highest BCUT2D eigenvalue weighted by Gasteiger charge is 2.81. The van der Waals surface area contributed by atoms with Gasteiger partial charge in [-0.2, -0.15) is 0 Å². The van der Waals surface area contributed by atoms with Crippen molar-refractivity contribution in [1.82, 2.24) is 0 Å². The Hall–Kier alpha value is -2.31. The minimum Gasteiger partial charge on any atom is -0.497 e. The largest absolute Gasteiger partial charge is 0.497 e. The van der Waals surface area contributed by atoms with Crippen LogP contribution in [0.3, 0.4) is 0 Å². The zero-order valence-electron chi connectivity index (χ0n) is 19.5. The van der Waals surface area contributed by atoms with Gasteiger partial charge in [0.25, 0.3) is 0 Å². The smallest absolute Gasteiger partial charge is 0.317 e. The molecule has 2 aliphatic rings. The van der Waals surface area contributed by atoms with Crippen LogP contribution in [0.4, 0.5) is 5.69 Å². The number of carbonyl (C=O) groups excluding carboxylic acids is 1. The average Bonchev–Trinajstić information content (AvgIpc) is 3.42. The molecule has 2 aromatic rings. The van der Waals surface area contributed by atoms with E-state index >= 15 is 0 Å². The highest BCUT2D eigenvalue weighted by atomic mass is 28.4. The van der Waals surface area contributed by atoms with Crippen LogP contribution in [0.1, 0.15) is 44.4 Å². The summed E-state index contributed by atoms with van der Waals surface area (Å²) in [6, 6.07) is 15.9. The maximum atomic E-state index is 13.5. The molecular formula is C25H33NO4Si. The van der Waals surface area contributed by atoms with Crippen molar-refractivity contribution in [2.75, 3.05) is 19.5 Å². The van der Waals surface area contributed by atoms with Gasteiger partial charge in [0, 0.05) is 17.7 Å². The number of nitrogens with one attached hydrogen (secondary N) is 1. The van der Waals surface area contributed by atoms with Gasteiger partial charge in [-0.05, 0) is 41.9 Å². The van der Waals surface area contributed by atoms with Crippen molar-refractivity contribution in [2.24, 2.45) is 5.41 Å². The van der Waals surface area contributed by atoms with Crippen LogP contribution in [0.15, 0.2) is 48.5 Å². The lowest BCUT2D eigenvalue weighted by Crippen LogP contribution is -2.50. The van der Waals surface area contributed by atoms with E-state index in [1.165, 1.54) is 7.11 Å². The van der Waals surface area contributed by atoms with Gasteiger partial charge in [-0.1, -0.05) is 51.1 Å². The zero-order chi connectivity index (χ0) is 22.7. The van der Waals surface area contributed by atoms with Gasteiger partial charge in [0.1, 0.15) is 16.8 Å². The molecule has 0 spiro atoms. The van der Waals surface area contributed by atoms with Crippen molar-refractivity contribution >= 4 is 20.0 Å². The van der Waals surface area contributed by atoms with Gasteiger partial charge in [0.15, 0.2) is 8.32 Å². The molecule has 0 amide bonds. The van der Waals surface area contributed by atoms with Crippen molar-refractivity contribution in [3.63, 3.8) is 0 Å². The molecule has 0 saturated heterocycles. The predicted octanol–water partition coefficient (Wildman–Crippen LogP) is 5.64. The molecule has 6 heteroatoms. The Kier molecular flexibility index (Phi) is 5.02. The highest BCUT2D eigenvalue weighted by Crippen LogP contribution is 2.76. The number of methoxy groups -OCH3 is 2. The molecule has 1 aliphatic heterocycles. The summed E-state index contributed by atoms with van der Waals surface area (Å²) in [4.78, 5) is 13.5. The van der Waals surface area contributed by atoms with Crippen LogP contribution in [0.5, 0.6) is 5.75 Å². The fourth-order valence-electron chi connectivity index (χ4n) is 4.73. The zero-order valence-corrected chi connectivity index (χ0v) is 20.5. The number of anilines is 1. The molecule has 3 atom stereocenters. The van der Waals surface area contributed by atoms with Crippen LogP contribution in [0.2, 0.25) is 18.1 Å². The molecule has 0 unspecified atom stereocenters. The summed E-state index contributed by atoms with van der Waals surface area (Å²) < 4.78 is 18.1. The van der Waals surface area contributed by atoms with E-state index in [0.29, 0.717) is 6.42 Å². The lowest BCUT2D eigenvalue weighted by molar-refractivity contribution is -0.151. The fourth-order valence-corrected chi connectivity index (χ4v) is 6.27. The second kappa shape index (κ2) is 7.10. The van der Waals surface area contributed by atoms with E-state index in [2.05, 4.69) is 51.3 Å². The van der Waals surface area contributed by atoms with Crippen LogP contribution < -0.4 is 10.1 Å². The Morgan fingerprint density at radius 2 is 1.77 bits per heavy atom. The first kappa shape index (κ1) is 21.9. The van der Waals surface area contributed by atoms with Gasteiger partial charge in [-0.3, -0.25) is 4.79 Å². The topological polar surface area (TPSA) is 56.8 Å². The number of fused-ring (bicyclic) bond motifs is 3. The molecule has 166 valence electrons. The van der Waals surface area contributed by atoms with Crippen molar-refractivity contribution in [3.8, 4) is 5.75 Å². The number of esters is 1. The summed E-state index contributed by atoms with van der Waals surface area (Å²) in [5.41, 5.74) is 1.42. The summed E-state index contributed by atoms with van der Waals surface area (Å²) in [5.74, 6) is 0.517. The quantitative estimate of drug-likeness (QED) is 0.482. The number of carbonyl (C=O) groups is 1. The molecule has 5 nitrogen and oxygen atoms in total. The van der Waals surface area contributed by atoms with E-state index in [9.17, 15) is 4.79 Å². The molecule has 31 heavy (non-hydrogen) atoms. The molecular weight excluding hydrogens is 406 g/mol. The van der Waals surface area contributed by atoms with Crippen LogP contribution in [0, 0.1) is 5.41 Å². The van der Waals surface area contributed by atoms with Gasteiger partial charge in [0.05, 0.1) is 20.3 Å².